The second kappa shape index (κ2) is 4.34. The van der Waals surface area contributed by atoms with Crippen LogP contribution in [0.1, 0.15) is 25.0 Å². The molecule has 2 atom stereocenters. The van der Waals surface area contributed by atoms with E-state index in [9.17, 15) is 4.79 Å². The molecule has 0 aromatic carbocycles. The van der Waals surface area contributed by atoms with Crippen molar-refractivity contribution in [2.24, 2.45) is 18.5 Å². The zero-order chi connectivity index (χ0) is 12.6. The number of rotatable bonds is 3. The third-order valence-electron chi connectivity index (χ3n) is 3.24. The maximum atomic E-state index is 11.3. The minimum atomic E-state index is -0.814. The van der Waals surface area contributed by atoms with Crippen LogP contribution in [0.15, 0.2) is 11.1 Å². The van der Waals surface area contributed by atoms with E-state index in [0.717, 1.165) is 17.1 Å². The fourth-order valence-corrected chi connectivity index (χ4v) is 3.61. The van der Waals surface area contributed by atoms with Crippen molar-refractivity contribution in [2.75, 3.05) is 0 Å². The molecule has 1 aromatic heterocycles. The number of aromatic nitrogens is 2. The first kappa shape index (κ1) is 12.4. The lowest BCUT2D eigenvalue weighted by Gasteiger charge is -2.19. The fraction of sp³-hybridized carbons (Fsp3) is 0.636. The van der Waals surface area contributed by atoms with E-state index in [1.807, 2.05) is 24.7 Å². The van der Waals surface area contributed by atoms with Gasteiger partial charge in [-0.3, -0.25) is 9.48 Å². The highest BCUT2D eigenvalue weighted by Gasteiger charge is 2.41. The minimum Gasteiger partial charge on any atom is -0.368 e. The number of nitrogens with zero attached hydrogens (tertiary/aromatic N) is 2. The Bertz CT molecular complexity index is 445. The van der Waals surface area contributed by atoms with E-state index >= 15 is 0 Å². The summed E-state index contributed by atoms with van der Waals surface area (Å²) in [4.78, 5) is 11.3. The van der Waals surface area contributed by atoms with Gasteiger partial charge in [-0.25, -0.2) is 0 Å². The average molecular weight is 254 g/mol. The number of aryl methyl sites for hydroxylation is 2. The molecule has 0 bridgehead atoms. The van der Waals surface area contributed by atoms with Gasteiger partial charge in [0.25, 0.3) is 0 Å². The van der Waals surface area contributed by atoms with Crippen LogP contribution in [0, 0.1) is 6.92 Å². The summed E-state index contributed by atoms with van der Waals surface area (Å²) >= 11 is 1.73. The van der Waals surface area contributed by atoms with Crippen LogP contribution in [0.4, 0.5) is 0 Å². The number of carbonyl (C=O) groups excluding carboxylic acids is 1. The predicted octanol–water partition coefficient (Wildman–Crippen LogP) is 0.556. The van der Waals surface area contributed by atoms with Crippen LogP contribution in [0.5, 0.6) is 0 Å². The Morgan fingerprint density at radius 2 is 2.41 bits per heavy atom. The second-order valence-corrected chi connectivity index (χ2v) is 6.07. The summed E-state index contributed by atoms with van der Waals surface area (Å²) in [5.74, 6) is -0.387. The van der Waals surface area contributed by atoms with Gasteiger partial charge in [0, 0.05) is 12.3 Å². The molecule has 0 saturated heterocycles. The molecule has 1 amide bonds. The zero-order valence-corrected chi connectivity index (χ0v) is 11.0. The largest absolute Gasteiger partial charge is 0.368 e. The summed E-state index contributed by atoms with van der Waals surface area (Å²) in [6.45, 7) is 1.97. The molecule has 0 aliphatic heterocycles. The Balaban J connectivity index is 2.03. The lowest BCUT2D eigenvalue weighted by Crippen LogP contribution is -2.50. The van der Waals surface area contributed by atoms with Crippen molar-refractivity contribution in [2.45, 2.75) is 42.0 Å². The van der Waals surface area contributed by atoms with Crippen LogP contribution >= 0.6 is 11.8 Å². The molecular weight excluding hydrogens is 236 g/mol. The van der Waals surface area contributed by atoms with E-state index < -0.39 is 5.54 Å². The molecule has 5 nitrogen and oxygen atoms in total. The molecule has 0 radical (unpaired) electrons. The molecule has 94 valence electrons. The second-order valence-electron chi connectivity index (χ2n) is 4.75. The van der Waals surface area contributed by atoms with Crippen molar-refractivity contribution >= 4 is 17.7 Å². The van der Waals surface area contributed by atoms with E-state index in [0.29, 0.717) is 18.1 Å². The normalized spacial score (nSPS) is 28.5. The van der Waals surface area contributed by atoms with Gasteiger partial charge in [-0.05, 0) is 32.3 Å². The molecule has 1 aromatic rings. The Morgan fingerprint density at radius 3 is 2.88 bits per heavy atom. The van der Waals surface area contributed by atoms with Crippen molar-refractivity contribution in [3.63, 3.8) is 0 Å². The van der Waals surface area contributed by atoms with Crippen LogP contribution in [0.2, 0.25) is 0 Å². The summed E-state index contributed by atoms with van der Waals surface area (Å²) < 4.78 is 1.86. The lowest BCUT2D eigenvalue weighted by atomic mass is 9.99. The molecule has 4 N–H and O–H groups in total. The van der Waals surface area contributed by atoms with Gasteiger partial charge in [0.05, 0.1) is 16.3 Å². The SMILES string of the molecule is Cc1cc(SC2CCC(N)(C(N)=O)C2)n(C)n1. The number of carbonyl (C=O) groups is 1. The smallest absolute Gasteiger partial charge is 0.237 e. The highest BCUT2D eigenvalue weighted by Crippen LogP contribution is 2.38. The van der Waals surface area contributed by atoms with Crippen LogP contribution in [-0.2, 0) is 11.8 Å². The number of nitrogens with two attached hydrogens (primary N) is 2. The fourth-order valence-electron chi connectivity index (χ4n) is 2.22. The average Bonchev–Trinajstić information content (AvgIpc) is 2.73. The maximum absolute atomic E-state index is 11.3. The first-order valence-electron chi connectivity index (χ1n) is 5.67. The third kappa shape index (κ3) is 2.47. The Kier molecular flexibility index (Phi) is 3.18. The number of primary amides is 1. The van der Waals surface area contributed by atoms with Crippen LogP contribution in [0.3, 0.4) is 0 Å². The first-order valence-corrected chi connectivity index (χ1v) is 6.55. The Hall–Kier alpha value is -1.01. The van der Waals surface area contributed by atoms with Gasteiger partial charge in [0.1, 0.15) is 0 Å². The molecule has 1 aliphatic rings. The molecule has 1 fully saturated rings. The van der Waals surface area contributed by atoms with E-state index in [2.05, 4.69) is 5.10 Å². The molecule has 1 aliphatic carbocycles. The summed E-state index contributed by atoms with van der Waals surface area (Å²) in [5.41, 5.74) is 11.5. The Morgan fingerprint density at radius 1 is 1.71 bits per heavy atom. The third-order valence-corrected chi connectivity index (χ3v) is 4.60. The summed E-state index contributed by atoms with van der Waals surface area (Å²) in [7, 11) is 1.92. The quantitative estimate of drug-likeness (QED) is 0.825. The van der Waals surface area contributed by atoms with Gasteiger partial charge < -0.3 is 11.5 Å². The van der Waals surface area contributed by atoms with Gasteiger partial charge in [0.15, 0.2) is 0 Å². The molecule has 1 heterocycles. The molecule has 1 saturated carbocycles. The summed E-state index contributed by atoms with van der Waals surface area (Å²) in [6.07, 6.45) is 2.25. The van der Waals surface area contributed by atoms with Gasteiger partial charge in [-0.1, -0.05) is 0 Å². The van der Waals surface area contributed by atoms with E-state index in [1.165, 1.54) is 0 Å². The topological polar surface area (TPSA) is 86.9 Å². The highest BCUT2D eigenvalue weighted by atomic mass is 32.2. The van der Waals surface area contributed by atoms with E-state index in [1.54, 1.807) is 11.8 Å². The minimum absolute atomic E-state index is 0.349. The van der Waals surface area contributed by atoms with E-state index in [-0.39, 0.29) is 5.91 Å². The van der Waals surface area contributed by atoms with Crippen molar-refractivity contribution in [3.8, 4) is 0 Å². The molecule has 6 heteroatoms. The van der Waals surface area contributed by atoms with Gasteiger partial charge in [-0.2, -0.15) is 5.10 Å². The monoisotopic (exact) mass is 254 g/mol. The Labute approximate surface area is 105 Å². The summed E-state index contributed by atoms with van der Waals surface area (Å²) in [5, 5.41) is 5.76. The van der Waals surface area contributed by atoms with Gasteiger partial charge in [0.2, 0.25) is 5.91 Å². The van der Waals surface area contributed by atoms with Crippen LogP contribution in [0.25, 0.3) is 0 Å². The van der Waals surface area contributed by atoms with Crippen LogP contribution < -0.4 is 11.5 Å². The van der Waals surface area contributed by atoms with Gasteiger partial charge >= 0.3 is 0 Å². The van der Waals surface area contributed by atoms with Gasteiger partial charge in [-0.15, -0.1) is 11.8 Å². The standard InChI is InChI=1S/C11H18N4OS/c1-7-5-9(15(2)14-7)17-8-3-4-11(13,6-8)10(12)16/h5,8H,3-4,6,13H2,1-2H3,(H2,12,16). The van der Waals surface area contributed by atoms with Crippen molar-refractivity contribution < 1.29 is 4.79 Å². The predicted molar refractivity (Wildman–Crippen MR) is 67.6 cm³/mol. The molecule has 0 spiro atoms. The lowest BCUT2D eigenvalue weighted by molar-refractivity contribution is -0.122. The van der Waals surface area contributed by atoms with Crippen LogP contribution in [-0.4, -0.2) is 26.5 Å². The van der Waals surface area contributed by atoms with E-state index in [4.69, 9.17) is 11.5 Å². The molecule has 17 heavy (non-hydrogen) atoms. The highest BCUT2D eigenvalue weighted by molar-refractivity contribution is 7.99. The molecule has 2 unspecified atom stereocenters. The maximum Gasteiger partial charge on any atom is 0.237 e. The number of hydrogen-bond donors (Lipinski definition) is 2. The number of thioether (sulfide) groups is 1. The number of amides is 1. The van der Waals surface area contributed by atoms with Crippen molar-refractivity contribution in [1.29, 1.82) is 0 Å². The van der Waals surface area contributed by atoms with Crippen molar-refractivity contribution in [1.82, 2.24) is 9.78 Å². The van der Waals surface area contributed by atoms with Crippen molar-refractivity contribution in [3.05, 3.63) is 11.8 Å². The molecule has 2 rings (SSSR count). The number of hydrogen-bond acceptors (Lipinski definition) is 4. The first-order chi connectivity index (χ1) is 7.90. The summed E-state index contributed by atoms with van der Waals surface area (Å²) in [6, 6.07) is 2.05. The molecular formula is C11H18N4OS. The zero-order valence-electron chi connectivity index (χ0n) is 10.1.